The average molecular weight is 494 g/mol. The molecule has 2 aromatic rings. The second-order valence-electron chi connectivity index (χ2n) is 6.99. The van der Waals surface area contributed by atoms with Gasteiger partial charge in [0.15, 0.2) is 5.96 Å². The van der Waals surface area contributed by atoms with Crippen LogP contribution in [0.15, 0.2) is 59.6 Å². The Balaban J connectivity index is 0.00000280. The molecule has 2 aromatic carbocycles. The van der Waals surface area contributed by atoms with Crippen LogP contribution in [0.1, 0.15) is 30.9 Å². The molecule has 0 aromatic heterocycles. The number of rotatable bonds is 7. The number of nitrogens with zero attached hydrogens (tertiary/aromatic N) is 2. The van der Waals surface area contributed by atoms with Crippen molar-refractivity contribution in [2.45, 2.75) is 38.9 Å². The van der Waals surface area contributed by atoms with Crippen molar-refractivity contribution >= 4 is 29.9 Å². The van der Waals surface area contributed by atoms with Crippen molar-refractivity contribution in [3.05, 3.63) is 65.7 Å². The van der Waals surface area contributed by atoms with Crippen LogP contribution in [-0.4, -0.2) is 41.6 Å². The van der Waals surface area contributed by atoms with E-state index < -0.39 is 0 Å². The molecule has 6 heteroatoms. The number of phenolic OH excluding ortho intramolecular Hbond substituents is 1. The number of hydrogen-bond donors (Lipinski definition) is 3. The van der Waals surface area contributed by atoms with Gasteiger partial charge in [0.1, 0.15) is 5.75 Å². The molecular weight excluding hydrogens is 463 g/mol. The normalized spacial score (nSPS) is 17.2. The molecule has 0 radical (unpaired) electrons. The topological polar surface area (TPSA) is 59.9 Å². The van der Waals surface area contributed by atoms with Gasteiger partial charge in [0.2, 0.25) is 0 Å². The van der Waals surface area contributed by atoms with Gasteiger partial charge in [-0.25, -0.2) is 4.99 Å². The van der Waals surface area contributed by atoms with E-state index in [1.807, 2.05) is 12.1 Å². The summed E-state index contributed by atoms with van der Waals surface area (Å²) in [7, 11) is 0. The molecule has 3 rings (SSSR count). The average Bonchev–Trinajstić information content (AvgIpc) is 3.13. The quantitative estimate of drug-likeness (QED) is 0.312. The maximum Gasteiger partial charge on any atom is 0.191 e. The molecule has 0 amide bonds. The Morgan fingerprint density at radius 3 is 2.54 bits per heavy atom. The SMILES string of the molecule is CCNC(=NCc1ccc(O)cc1)NCC1CCCN1Cc1ccccc1.I. The molecule has 0 saturated carbocycles. The highest BCUT2D eigenvalue weighted by molar-refractivity contribution is 14.0. The molecule has 28 heavy (non-hydrogen) atoms. The van der Waals surface area contributed by atoms with Crippen molar-refractivity contribution in [3.8, 4) is 5.75 Å². The lowest BCUT2D eigenvalue weighted by Gasteiger charge is -2.25. The van der Waals surface area contributed by atoms with Crippen molar-refractivity contribution in [2.24, 2.45) is 4.99 Å². The summed E-state index contributed by atoms with van der Waals surface area (Å²) < 4.78 is 0. The first kappa shape index (κ1) is 22.5. The second kappa shape index (κ2) is 11.9. The fourth-order valence-electron chi connectivity index (χ4n) is 3.48. The molecule has 0 spiro atoms. The van der Waals surface area contributed by atoms with E-state index in [4.69, 9.17) is 0 Å². The molecular formula is C22H31IN4O. The van der Waals surface area contributed by atoms with E-state index in [2.05, 4.69) is 57.8 Å². The van der Waals surface area contributed by atoms with Crippen LogP contribution in [0.5, 0.6) is 5.75 Å². The van der Waals surface area contributed by atoms with Crippen molar-refractivity contribution in [1.29, 1.82) is 0 Å². The van der Waals surface area contributed by atoms with Gasteiger partial charge in [-0.15, -0.1) is 24.0 Å². The zero-order valence-corrected chi connectivity index (χ0v) is 18.8. The van der Waals surface area contributed by atoms with Crippen LogP contribution >= 0.6 is 24.0 Å². The Morgan fingerprint density at radius 2 is 1.82 bits per heavy atom. The number of nitrogens with one attached hydrogen (secondary N) is 2. The molecule has 3 N–H and O–H groups in total. The maximum atomic E-state index is 9.39. The zero-order chi connectivity index (χ0) is 18.9. The molecule has 1 heterocycles. The fourth-order valence-corrected chi connectivity index (χ4v) is 3.48. The molecule has 1 aliphatic rings. The monoisotopic (exact) mass is 494 g/mol. The Bertz CT molecular complexity index is 721. The number of guanidine groups is 1. The number of phenols is 1. The third-order valence-corrected chi connectivity index (χ3v) is 4.93. The van der Waals surface area contributed by atoms with Crippen LogP contribution in [0.4, 0.5) is 0 Å². The van der Waals surface area contributed by atoms with E-state index in [0.29, 0.717) is 12.6 Å². The van der Waals surface area contributed by atoms with Crippen molar-refractivity contribution in [3.63, 3.8) is 0 Å². The van der Waals surface area contributed by atoms with Crippen molar-refractivity contribution in [2.75, 3.05) is 19.6 Å². The number of aromatic hydroxyl groups is 1. The first-order valence-electron chi connectivity index (χ1n) is 9.82. The predicted octanol–water partition coefficient (Wildman–Crippen LogP) is 3.73. The number of hydrogen-bond acceptors (Lipinski definition) is 3. The van der Waals surface area contributed by atoms with E-state index in [9.17, 15) is 5.11 Å². The van der Waals surface area contributed by atoms with Gasteiger partial charge < -0.3 is 15.7 Å². The summed E-state index contributed by atoms with van der Waals surface area (Å²) in [6.07, 6.45) is 2.47. The molecule has 1 aliphatic heterocycles. The van der Waals surface area contributed by atoms with Crippen LogP contribution < -0.4 is 10.6 Å². The number of halogens is 1. The van der Waals surface area contributed by atoms with E-state index in [1.54, 1.807) is 12.1 Å². The van der Waals surface area contributed by atoms with Gasteiger partial charge in [0.25, 0.3) is 0 Å². The molecule has 1 atom stereocenters. The molecule has 1 unspecified atom stereocenters. The lowest BCUT2D eigenvalue weighted by atomic mass is 10.2. The number of likely N-dealkylation sites (tertiary alicyclic amines) is 1. The Hall–Kier alpha value is -1.80. The molecule has 1 fully saturated rings. The Kier molecular flexibility index (Phi) is 9.57. The highest BCUT2D eigenvalue weighted by atomic mass is 127. The summed E-state index contributed by atoms with van der Waals surface area (Å²) in [4.78, 5) is 7.24. The Morgan fingerprint density at radius 1 is 1.07 bits per heavy atom. The molecule has 5 nitrogen and oxygen atoms in total. The minimum Gasteiger partial charge on any atom is -0.508 e. The predicted molar refractivity (Wildman–Crippen MR) is 126 cm³/mol. The second-order valence-corrected chi connectivity index (χ2v) is 6.99. The van der Waals surface area contributed by atoms with Gasteiger partial charge in [0, 0.05) is 25.7 Å². The van der Waals surface area contributed by atoms with Gasteiger partial charge in [-0.1, -0.05) is 42.5 Å². The largest absolute Gasteiger partial charge is 0.508 e. The molecule has 1 saturated heterocycles. The van der Waals surface area contributed by atoms with E-state index >= 15 is 0 Å². The van der Waals surface area contributed by atoms with Crippen molar-refractivity contribution < 1.29 is 5.11 Å². The summed E-state index contributed by atoms with van der Waals surface area (Å²) in [6, 6.07) is 18.4. The van der Waals surface area contributed by atoms with Crippen LogP contribution in [0.3, 0.4) is 0 Å². The van der Waals surface area contributed by atoms with Gasteiger partial charge in [0.05, 0.1) is 6.54 Å². The number of benzene rings is 2. The lowest BCUT2D eigenvalue weighted by Crippen LogP contribution is -2.44. The molecule has 152 valence electrons. The van der Waals surface area contributed by atoms with Gasteiger partial charge in [-0.3, -0.25) is 4.90 Å². The minimum atomic E-state index is 0. The van der Waals surface area contributed by atoms with E-state index in [-0.39, 0.29) is 29.7 Å². The Labute approximate surface area is 185 Å². The standard InChI is InChI=1S/C22H30N4O.HI/c1-2-23-22(24-15-18-10-12-21(27)13-11-18)25-16-20-9-6-14-26(20)17-19-7-4-3-5-8-19;/h3-5,7-8,10-13,20,27H,2,6,9,14-17H2,1H3,(H2,23,24,25);1H. The van der Waals surface area contributed by atoms with Crippen LogP contribution in [-0.2, 0) is 13.1 Å². The summed E-state index contributed by atoms with van der Waals surface area (Å²) in [5.74, 6) is 1.13. The third-order valence-electron chi connectivity index (χ3n) is 4.93. The first-order chi connectivity index (χ1) is 13.2. The van der Waals surface area contributed by atoms with Gasteiger partial charge in [-0.2, -0.15) is 0 Å². The molecule has 0 bridgehead atoms. The zero-order valence-electron chi connectivity index (χ0n) is 16.5. The number of aliphatic imine (C=N–C) groups is 1. The first-order valence-corrected chi connectivity index (χ1v) is 9.82. The van der Waals surface area contributed by atoms with Gasteiger partial charge >= 0.3 is 0 Å². The van der Waals surface area contributed by atoms with Crippen LogP contribution in [0, 0.1) is 0 Å². The van der Waals surface area contributed by atoms with Crippen molar-refractivity contribution in [1.82, 2.24) is 15.5 Å². The summed E-state index contributed by atoms with van der Waals surface area (Å²) >= 11 is 0. The smallest absolute Gasteiger partial charge is 0.191 e. The van der Waals surface area contributed by atoms with Gasteiger partial charge in [-0.05, 0) is 49.6 Å². The summed E-state index contributed by atoms with van der Waals surface area (Å²) in [5, 5.41) is 16.2. The minimum absolute atomic E-state index is 0. The summed E-state index contributed by atoms with van der Waals surface area (Å²) in [6.45, 7) is 6.56. The third kappa shape index (κ3) is 6.98. The van der Waals surface area contributed by atoms with Crippen LogP contribution in [0.2, 0.25) is 0 Å². The summed E-state index contributed by atoms with van der Waals surface area (Å²) in [5.41, 5.74) is 2.45. The molecule has 0 aliphatic carbocycles. The highest BCUT2D eigenvalue weighted by Gasteiger charge is 2.24. The fraction of sp³-hybridized carbons (Fsp3) is 0.409. The van der Waals surface area contributed by atoms with E-state index in [1.165, 1.54) is 18.4 Å². The van der Waals surface area contributed by atoms with E-state index in [0.717, 1.165) is 37.7 Å². The highest BCUT2D eigenvalue weighted by Crippen LogP contribution is 2.19. The lowest BCUT2D eigenvalue weighted by molar-refractivity contribution is 0.245. The maximum absolute atomic E-state index is 9.39. The van der Waals surface area contributed by atoms with Crippen LogP contribution in [0.25, 0.3) is 0 Å².